The highest BCUT2D eigenvalue weighted by Gasteiger charge is 2.31. The predicted molar refractivity (Wildman–Crippen MR) is 128 cm³/mol. The number of aromatic nitrogens is 1. The average Bonchev–Trinajstić information content (AvgIpc) is 3.19. The standard InChI is InChI=1S/C27H39NO5/c1-17(2)24-23(28-25(33-24)22-11-10-18(3)19(4)12-22)16-31-14-20-8-7-9-21(13-20)15-32-27(5,6)26(29)30/h10-12,17,20-21H,7-9,13-16H2,1-6H3,(H,29,30). The monoisotopic (exact) mass is 457 g/mol. The Morgan fingerprint density at radius 2 is 1.88 bits per heavy atom. The Morgan fingerprint density at radius 1 is 1.18 bits per heavy atom. The highest BCUT2D eigenvalue weighted by Crippen LogP contribution is 2.32. The zero-order chi connectivity index (χ0) is 24.2. The van der Waals surface area contributed by atoms with Crippen LogP contribution in [0.3, 0.4) is 0 Å². The minimum atomic E-state index is -1.14. The van der Waals surface area contributed by atoms with Gasteiger partial charge >= 0.3 is 5.97 Å². The van der Waals surface area contributed by atoms with Gasteiger partial charge in [-0.25, -0.2) is 9.78 Å². The first-order chi connectivity index (χ1) is 15.6. The molecule has 0 spiro atoms. The number of aryl methyl sites for hydroxylation is 2. The molecule has 33 heavy (non-hydrogen) atoms. The molecule has 3 rings (SSSR count). The molecule has 2 atom stereocenters. The van der Waals surface area contributed by atoms with E-state index in [2.05, 4.69) is 45.9 Å². The molecule has 1 aromatic carbocycles. The topological polar surface area (TPSA) is 81.8 Å². The summed E-state index contributed by atoms with van der Waals surface area (Å²) in [5.41, 5.74) is 3.19. The molecule has 6 heteroatoms. The summed E-state index contributed by atoms with van der Waals surface area (Å²) >= 11 is 0. The van der Waals surface area contributed by atoms with Crippen LogP contribution in [0.5, 0.6) is 0 Å². The van der Waals surface area contributed by atoms with E-state index >= 15 is 0 Å². The van der Waals surface area contributed by atoms with E-state index in [1.165, 1.54) is 11.1 Å². The van der Waals surface area contributed by atoms with Crippen molar-refractivity contribution in [3.63, 3.8) is 0 Å². The minimum Gasteiger partial charge on any atom is -0.479 e. The molecule has 1 heterocycles. The summed E-state index contributed by atoms with van der Waals surface area (Å²) in [5, 5.41) is 9.25. The fraction of sp³-hybridized carbons (Fsp3) is 0.630. The zero-order valence-corrected chi connectivity index (χ0v) is 20.9. The van der Waals surface area contributed by atoms with Crippen molar-refractivity contribution in [1.82, 2.24) is 4.98 Å². The molecule has 2 aromatic rings. The number of carbonyl (C=O) groups is 1. The number of aliphatic carboxylic acids is 1. The number of hydrogen-bond acceptors (Lipinski definition) is 5. The summed E-state index contributed by atoms with van der Waals surface area (Å²) in [6.07, 6.45) is 4.32. The smallest absolute Gasteiger partial charge is 0.335 e. The molecule has 0 radical (unpaired) electrons. The maximum absolute atomic E-state index is 11.3. The molecule has 1 aromatic heterocycles. The maximum atomic E-state index is 11.3. The minimum absolute atomic E-state index is 0.227. The van der Waals surface area contributed by atoms with Crippen LogP contribution in [0.25, 0.3) is 11.5 Å². The third-order valence-electron chi connectivity index (χ3n) is 6.68. The van der Waals surface area contributed by atoms with Gasteiger partial charge in [0.25, 0.3) is 0 Å². The van der Waals surface area contributed by atoms with Gasteiger partial charge < -0.3 is 19.0 Å². The highest BCUT2D eigenvalue weighted by atomic mass is 16.5. The summed E-state index contributed by atoms with van der Waals surface area (Å²) in [6, 6.07) is 6.27. The molecular formula is C27H39NO5. The molecule has 1 aliphatic rings. The van der Waals surface area contributed by atoms with Gasteiger partial charge in [0.2, 0.25) is 5.89 Å². The highest BCUT2D eigenvalue weighted by molar-refractivity contribution is 5.76. The Labute approximate surface area is 197 Å². The van der Waals surface area contributed by atoms with E-state index in [9.17, 15) is 9.90 Å². The number of carboxylic acids is 1. The van der Waals surface area contributed by atoms with E-state index in [1.54, 1.807) is 13.8 Å². The Hall–Kier alpha value is -2.18. The molecule has 0 saturated heterocycles. The number of nitrogens with zero attached hydrogens (tertiary/aromatic N) is 1. The van der Waals surface area contributed by atoms with Crippen molar-refractivity contribution in [2.75, 3.05) is 13.2 Å². The van der Waals surface area contributed by atoms with Gasteiger partial charge in [0.15, 0.2) is 5.60 Å². The number of carboxylic acid groups (broad SMARTS) is 1. The molecule has 0 aliphatic heterocycles. The second-order valence-corrected chi connectivity index (χ2v) is 10.3. The van der Waals surface area contributed by atoms with Crippen LogP contribution in [0.4, 0.5) is 0 Å². The van der Waals surface area contributed by atoms with Crippen molar-refractivity contribution in [2.45, 2.75) is 85.4 Å². The lowest BCUT2D eigenvalue weighted by Crippen LogP contribution is -2.37. The molecule has 6 nitrogen and oxygen atoms in total. The van der Waals surface area contributed by atoms with Crippen molar-refractivity contribution in [1.29, 1.82) is 0 Å². The Balaban J connectivity index is 1.56. The largest absolute Gasteiger partial charge is 0.479 e. The third-order valence-corrected chi connectivity index (χ3v) is 6.68. The van der Waals surface area contributed by atoms with Gasteiger partial charge in [0.05, 0.1) is 13.2 Å². The average molecular weight is 458 g/mol. The van der Waals surface area contributed by atoms with Crippen LogP contribution in [0, 0.1) is 25.7 Å². The number of hydrogen-bond donors (Lipinski definition) is 1. The number of rotatable bonds is 10. The van der Waals surface area contributed by atoms with Crippen molar-refractivity contribution in [3.8, 4) is 11.5 Å². The second kappa shape index (κ2) is 10.8. The number of ether oxygens (including phenoxy) is 2. The number of benzene rings is 1. The first-order valence-corrected chi connectivity index (χ1v) is 12.1. The molecule has 182 valence electrons. The summed E-state index contributed by atoms with van der Waals surface area (Å²) in [4.78, 5) is 16.1. The number of oxazole rings is 1. The van der Waals surface area contributed by atoms with Gasteiger partial charge in [-0.15, -0.1) is 0 Å². The Bertz CT molecular complexity index is 946. The van der Waals surface area contributed by atoms with E-state index in [-0.39, 0.29) is 5.92 Å². The SMILES string of the molecule is Cc1ccc(-c2nc(COCC3CCCC(COC(C)(C)C(=O)O)C3)c(C(C)C)o2)cc1C. The van der Waals surface area contributed by atoms with E-state index in [4.69, 9.17) is 18.9 Å². The van der Waals surface area contributed by atoms with Gasteiger partial charge in [-0.3, -0.25) is 0 Å². The van der Waals surface area contributed by atoms with Crippen molar-refractivity contribution in [3.05, 3.63) is 40.8 Å². The van der Waals surface area contributed by atoms with E-state index in [1.807, 2.05) is 0 Å². The zero-order valence-electron chi connectivity index (χ0n) is 20.9. The summed E-state index contributed by atoms with van der Waals surface area (Å²) in [5.74, 6) is 1.66. The van der Waals surface area contributed by atoms with Crippen LogP contribution in [0.1, 0.15) is 81.9 Å². The van der Waals surface area contributed by atoms with Gasteiger partial charge in [-0.2, -0.15) is 0 Å². The van der Waals surface area contributed by atoms with Crippen molar-refractivity contribution >= 4 is 5.97 Å². The summed E-state index contributed by atoms with van der Waals surface area (Å²) < 4.78 is 18.0. The Morgan fingerprint density at radius 3 is 2.52 bits per heavy atom. The fourth-order valence-corrected chi connectivity index (χ4v) is 4.33. The lowest BCUT2D eigenvalue weighted by atomic mass is 9.82. The second-order valence-electron chi connectivity index (χ2n) is 10.3. The van der Waals surface area contributed by atoms with Crippen LogP contribution in [-0.4, -0.2) is 34.9 Å². The summed E-state index contributed by atoms with van der Waals surface area (Å²) in [6.45, 7) is 13.2. The van der Waals surface area contributed by atoms with E-state index < -0.39 is 11.6 Å². The van der Waals surface area contributed by atoms with Gasteiger partial charge in [-0.05, 0) is 82.1 Å². The molecule has 1 saturated carbocycles. The van der Waals surface area contributed by atoms with Gasteiger partial charge in [0.1, 0.15) is 11.5 Å². The molecule has 0 bridgehead atoms. The first kappa shape index (κ1) is 25.4. The molecule has 1 N–H and O–H groups in total. The summed E-state index contributed by atoms with van der Waals surface area (Å²) in [7, 11) is 0. The lowest BCUT2D eigenvalue weighted by molar-refractivity contribution is -0.163. The van der Waals surface area contributed by atoms with E-state index in [0.29, 0.717) is 37.5 Å². The first-order valence-electron chi connectivity index (χ1n) is 12.1. The molecular weight excluding hydrogens is 418 g/mol. The van der Waals surface area contributed by atoms with Crippen molar-refractivity contribution < 1.29 is 23.8 Å². The van der Waals surface area contributed by atoms with Gasteiger partial charge in [0, 0.05) is 18.1 Å². The van der Waals surface area contributed by atoms with E-state index in [0.717, 1.165) is 42.7 Å². The quantitative estimate of drug-likeness (QED) is 0.452. The maximum Gasteiger partial charge on any atom is 0.335 e. The van der Waals surface area contributed by atoms with Crippen LogP contribution in [0.15, 0.2) is 22.6 Å². The molecule has 0 amide bonds. The fourth-order valence-electron chi connectivity index (χ4n) is 4.33. The van der Waals surface area contributed by atoms with Gasteiger partial charge in [-0.1, -0.05) is 26.3 Å². The van der Waals surface area contributed by atoms with Crippen LogP contribution < -0.4 is 0 Å². The van der Waals surface area contributed by atoms with Crippen molar-refractivity contribution in [2.24, 2.45) is 11.8 Å². The Kier molecular flexibility index (Phi) is 8.35. The van der Waals surface area contributed by atoms with Crippen LogP contribution >= 0.6 is 0 Å². The van der Waals surface area contributed by atoms with Crippen LogP contribution in [-0.2, 0) is 20.9 Å². The normalized spacial score (nSPS) is 19.2. The van der Waals surface area contributed by atoms with Crippen LogP contribution in [0.2, 0.25) is 0 Å². The molecule has 1 fully saturated rings. The predicted octanol–water partition coefficient (Wildman–Crippen LogP) is 6.28. The molecule has 2 unspecified atom stereocenters. The lowest BCUT2D eigenvalue weighted by Gasteiger charge is -2.31. The third kappa shape index (κ3) is 6.67. The molecule has 1 aliphatic carbocycles.